The van der Waals surface area contributed by atoms with Crippen molar-refractivity contribution in [2.24, 2.45) is 5.10 Å². The number of amides is 1. The van der Waals surface area contributed by atoms with E-state index in [0.29, 0.717) is 53.0 Å². The van der Waals surface area contributed by atoms with Crippen LogP contribution in [0.5, 0.6) is 0 Å². The summed E-state index contributed by atoms with van der Waals surface area (Å²) in [4.78, 5) is 12.8. The third-order valence-electron chi connectivity index (χ3n) is 5.24. The van der Waals surface area contributed by atoms with Gasteiger partial charge in [-0.05, 0) is 42.7 Å². The summed E-state index contributed by atoms with van der Waals surface area (Å²) >= 11 is 6.05. The Balaban J connectivity index is 0.00000158. The molecule has 1 aliphatic rings. The van der Waals surface area contributed by atoms with E-state index in [1.807, 2.05) is 26.1 Å². The molecule has 0 fully saturated rings. The second-order valence-corrected chi connectivity index (χ2v) is 7.91. The van der Waals surface area contributed by atoms with Gasteiger partial charge in [-0.15, -0.1) is 0 Å². The van der Waals surface area contributed by atoms with E-state index in [9.17, 15) is 13.6 Å². The minimum absolute atomic E-state index is 0.345. The van der Waals surface area contributed by atoms with Crippen LogP contribution in [0.2, 0.25) is 5.02 Å². The van der Waals surface area contributed by atoms with Gasteiger partial charge >= 0.3 is 0 Å². The lowest BCUT2D eigenvalue weighted by Crippen LogP contribution is -2.28. The zero-order chi connectivity index (χ0) is 24.8. The first-order valence-corrected chi connectivity index (χ1v) is 11.3. The van der Waals surface area contributed by atoms with Crippen LogP contribution in [0.1, 0.15) is 50.3 Å². The van der Waals surface area contributed by atoms with Gasteiger partial charge in [0.2, 0.25) is 0 Å². The highest BCUT2D eigenvalue weighted by Crippen LogP contribution is 2.31. The summed E-state index contributed by atoms with van der Waals surface area (Å²) in [5.41, 5.74) is 1.76. The van der Waals surface area contributed by atoms with Gasteiger partial charge in [-0.1, -0.05) is 32.0 Å². The fraction of sp³-hybridized carbons (Fsp3) is 0.280. The Bertz CT molecular complexity index is 1270. The van der Waals surface area contributed by atoms with Crippen molar-refractivity contribution in [3.8, 4) is 6.07 Å². The van der Waals surface area contributed by atoms with Gasteiger partial charge in [0.25, 0.3) is 5.91 Å². The number of nitrogens with zero attached hydrogens (tertiary/aromatic N) is 5. The lowest BCUT2D eigenvalue weighted by molar-refractivity contribution is -0.129. The number of carbonyl (C=O) groups excluding carboxylic acids is 1. The Hall–Kier alpha value is -3.57. The van der Waals surface area contributed by atoms with Crippen molar-refractivity contribution in [3.63, 3.8) is 0 Å². The molecule has 0 bridgehead atoms. The van der Waals surface area contributed by atoms with E-state index in [0.717, 1.165) is 11.5 Å². The first-order chi connectivity index (χ1) is 16.4. The molecule has 4 rings (SSSR count). The molecule has 0 aliphatic carbocycles. The zero-order valence-electron chi connectivity index (χ0n) is 18.9. The molecule has 0 radical (unpaired) electrons. The zero-order valence-corrected chi connectivity index (χ0v) is 19.7. The second kappa shape index (κ2) is 11.0. The van der Waals surface area contributed by atoms with Crippen LogP contribution in [0.15, 0.2) is 53.8 Å². The molecular weight excluding hydrogens is 460 g/mol. The van der Waals surface area contributed by atoms with Crippen LogP contribution >= 0.6 is 11.6 Å². The van der Waals surface area contributed by atoms with Crippen LogP contribution in [-0.2, 0) is 11.3 Å². The average Bonchev–Trinajstić information content (AvgIpc) is 3.45. The summed E-state index contributed by atoms with van der Waals surface area (Å²) < 4.78 is 28.9. The van der Waals surface area contributed by atoms with E-state index < -0.39 is 17.7 Å². The highest BCUT2D eigenvalue weighted by molar-refractivity contribution is 6.32. The van der Waals surface area contributed by atoms with Crippen molar-refractivity contribution < 1.29 is 13.6 Å². The predicted octanol–water partition coefficient (Wildman–Crippen LogP) is 6.16. The average molecular weight is 484 g/mol. The number of halogens is 3. The lowest BCUT2D eigenvalue weighted by Gasteiger charge is -2.23. The fourth-order valence-electron chi connectivity index (χ4n) is 3.67. The lowest BCUT2D eigenvalue weighted by atomic mass is 10.0. The smallest absolute Gasteiger partial charge is 0.269 e. The Morgan fingerprint density at radius 1 is 1.24 bits per heavy atom. The van der Waals surface area contributed by atoms with Crippen molar-refractivity contribution in [2.45, 2.75) is 45.7 Å². The Morgan fingerprint density at radius 2 is 1.94 bits per heavy atom. The van der Waals surface area contributed by atoms with Gasteiger partial charge in [-0.3, -0.25) is 9.48 Å². The van der Waals surface area contributed by atoms with Crippen molar-refractivity contribution in [2.75, 3.05) is 0 Å². The molecule has 34 heavy (non-hydrogen) atoms. The molecule has 0 N–H and O–H groups in total. The number of benzene rings is 2. The van der Waals surface area contributed by atoms with Crippen LogP contribution in [0.25, 0.3) is 10.9 Å². The van der Waals surface area contributed by atoms with E-state index in [-0.39, 0.29) is 5.91 Å². The molecule has 0 spiro atoms. The van der Waals surface area contributed by atoms with E-state index in [2.05, 4.69) is 16.8 Å². The molecule has 0 saturated heterocycles. The highest BCUT2D eigenvalue weighted by Gasteiger charge is 2.30. The minimum Gasteiger partial charge on any atom is -0.272 e. The molecular formula is C25H24ClF2N5O. The number of hydrogen-bond acceptors (Lipinski definition) is 4. The first kappa shape index (κ1) is 25.1. The molecule has 1 aliphatic heterocycles. The van der Waals surface area contributed by atoms with Crippen LogP contribution < -0.4 is 0 Å². The molecule has 9 heteroatoms. The maximum absolute atomic E-state index is 13.6. The second-order valence-electron chi connectivity index (χ2n) is 7.50. The standard InChI is InChI=1S/C23H18ClF2N5O.C2H6/c1-14(3-2-6-30-13-17-7-16(12-27)20(24)11-21(17)29-30)23(32)31-22(4-5-28-31)15-8-18(25)10-19(26)9-15;1-2/h5,7-11,13,22H,1-4,6H2;1-2H3. The number of hydrogen-bond donors (Lipinski definition) is 0. The van der Waals surface area contributed by atoms with E-state index in [1.54, 1.807) is 23.0 Å². The van der Waals surface area contributed by atoms with Crippen molar-refractivity contribution >= 4 is 34.6 Å². The molecule has 1 unspecified atom stereocenters. The third kappa shape index (κ3) is 5.49. The number of aromatic nitrogens is 2. The fourth-order valence-corrected chi connectivity index (χ4v) is 3.88. The van der Waals surface area contributed by atoms with Gasteiger partial charge in [-0.25, -0.2) is 13.8 Å². The number of rotatable bonds is 6. The Kier molecular flexibility index (Phi) is 8.13. The molecule has 2 heterocycles. The largest absolute Gasteiger partial charge is 0.272 e. The molecule has 6 nitrogen and oxygen atoms in total. The summed E-state index contributed by atoms with van der Waals surface area (Å²) in [6.07, 6.45) is 4.73. The third-order valence-corrected chi connectivity index (χ3v) is 5.55. The summed E-state index contributed by atoms with van der Waals surface area (Å²) in [5, 5.41) is 20.0. The topological polar surface area (TPSA) is 74.3 Å². The summed E-state index contributed by atoms with van der Waals surface area (Å²) in [6, 6.07) is 8.01. The number of carbonyl (C=O) groups is 1. The van der Waals surface area contributed by atoms with Crippen LogP contribution in [0.3, 0.4) is 0 Å². The number of fused-ring (bicyclic) bond motifs is 1. The van der Waals surface area contributed by atoms with Crippen LogP contribution in [0, 0.1) is 23.0 Å². The molecule has 0 saturated carbocycles. The number of nitriles is 1. The summed E-state index contributed by atoms with van der Waals surface area (Å²) in [7, 11) is 0. The normalized spacial score (nSPS) is 14.6. The van der Waals surface area contributed by atoms with Gasteiger partial charge in [0.05, 0.1) is 22.1 Å². The Morgan fingerprint density at radius 3 is 2.62 bits per heavy atom. The van der Waals surface area contributed by atoms with Crippen LogP contribution in [-0.4, -0.2) is 26.9 Å². The molecule has 1 atom stereocenters. The summed E-state index contributed by atoms with van der Waals surface area (Å²) in [5.74, 6) is -1.79. The SMILES string of the molecule is C=C(CCCn1cc2cc(C#N)c(Cl)cc2n1)C(=O)N1N=CCC1c1cc(F)cc(F)c1.CC. The van der Waals surface area contributed by atoms with E-state index in [4.69, 9.17) is 16.9 Å². The molecule has 176 valence electrons. The predicted molar refractivity (Wildman–Crippen MR) is 128 cm³/mol. The maximum Gasteiger partial charge on any atom is 0.269 e. The monoisotopic (exact) mass is 483 g/mol. The van der Waals surface area contributed by atoms with Gasteiger partial charge < -0.3 is 0 Å². The Labute approximate surface area is 201 Å². The number of aryl methyl sites for hydroxylation is 1. The number of hydrazone groups is 1. The van der Waals surface area contributed by atoms with Gasteiger partial charge in [-0.2, -0.15) is 15.5 Å². The van der Waals surface area contributed by atoms with E-state index in [1.165, 1.54) is 17.1 Å². The molecule has 2 aromatic carbocycles. The van der Waals surface area contributed by atoms with Crippen molar-refractivity contribution in [1.29, 1.82) is 5.26 Å². The molecule has 1 amide bonds. The maximum atomic E-state index is 13.6. The molecule has 1 aromatic heterocycles. The van der Waals surface area contributed by atoms with Crippen LogP contribution in [0.4, 0.5) is 8.78 Å². The highest BCUT2D eigenvalue weighted by atomic mass is 35.5. The summed E-state index contributed by atoms with van der Waals surface area (Å²) in [6.45, 7) is 8.40. The van der Waals surface area contributed by atoms with Gasteiger partial charge in [0.1, 0.15) is 17.7 Å². The van der Waals surface area contributed by atoms with Crippen molar-refractivity contribution in [3.05, 3.63) is 76.5 Å². The first-order valence-electron chi connectivity index (χ1n) is 10.9. The minimum atomic E-state index is -0.701. The molecule has 3 aromatic rings. The quantitative estimate of drug-likeness (QED) is 0.394. The van der Waals surface area contributed by atoms with Crippen molar-refractivity contribution in [1.82, 2.24) is 14.8 Å². The van der Waals surface area contributed by atoms with Gasteiger partial charge in [0, 0.05) is 42.4 Å². The van der Waals surface area contributed by atoms with E-state index >= 15 is 0 Å². The van der Waals surface area contributed by atoms with Gasteiger partial charge in [0.15, 0.2) is 0 Å².